The van der Waals surface area contributed by atoms with Gasteiger partial charge in [-0.25, -0.2) is 0 Å². The number of benzene rings is 1. The Morgan fingerprint density at radius 2 is 1.74 bits per heavy atom. The van der Waals surface area contributed by atoms with Gasteiger partial charge in [0.2, 0.25) is 5.91 Å². The average Bonchev–Trinajstić information content (AvgIpc) is 2.46. The number of nitrogens with one attached hydrogen (secondary N) is 3. The van der Waals surface area contributed by atoms with Gasteiger partial charge in [0.05, 0.1) is 0 Å². The van der Waals surface area contributed by atoms with E-state index in [1.807, 2.05) is 44.2 Å². The van der Waals surface area contributed by atoms with Gasteiger partial charge in [0.1, 0.15) is 12.1 Å². The average molecular weight is 337 g/mol. The number of hydrogen-bond acceptors (Lipinski definition) is 3. The van der Waals surface area contributed by atoms with Gasteiger partial charge < -0.3 is 21.1 Å². The number of rotatable bonds is 7. The second-order valence-electron chi connectivity index (χ2n) is 5.72. The number of anilines is 1. The predicted molar refractivity (Wildman–Crippen MR) is 94.3 cm³/mol. The van der Waals surface area contributed by atoms with Crippen molar-refractivity contribution in [3.05, 3.63) is 30.3 Å². The van der Waals surface area contributed by atoms with E-state index in [1.165, 1.54) is 6.92 Å². The first-order chi connectivity index (χ1) is 10.8. The molecule has 0 aliphatic heterocycles. The highest BCUT2D eigenvalue weighted by Crippen LogP contribution is 2.08. The highest BCUT2D eigenvalue weighted by Gasteiger charge is 2.24. The van der Waals surface area contributed by atoms with Crippen molar-refractivity contribution < 1.29 is 14.7 Å². The summed E-state index contributed by atoms with van der Waals surface area (Å²) in [5.74, 6) is -1.21. The summed E-state index contributed by atoms with van der Waals surface area (Å²) < 4.78 is 0. The first-order valence-corrected chi connectivity index (χ1v) is 7.86. The summed E-state index contributed by atoms with van der Waals surface area (Å²) in [6.45, 7) is 5.39. The number of thiocarbonyl (C=S) groups is 1. The molecule has 2 unspecified atom stereocenters. The van der Waals surface area contributed by atoms with Crippen molar-refractivity contribution in [2.75, 3.05) is 5.32 Å². The van der Waals surface area contributed by atoms with Gasteiger partial charge in [-0.2, -0.15) is 0 Å². The van der Waals surface area contributed by atoms with Crippen LogP contribution in [-0.4, -0.2) is 34.2 Å². The van der Waals surface area contributed by atoms with E-state index in [9.17, 15) is 9.59 Å². The van der Waals surface area contributed by atoms with Crippen molar-refractivity contribution in [1.82, 2.24) is 10.6 Å². The van der Waals surface area contributed by atoms with Gasteiger partial charge >= 0.3 is 5.97 Å². The maximum absolute atomic E-state index is 12.3. The van der Waals surface area contributed by atoms with E-state index in [0.29, 0.717) is 11.5 Å². The Hall–Kier alpha value is -2.15. The SMILES string of the molecule is CC(C)CC(NC(=S)Nc1ccccc1)C(=O)NC(C)C(=O)O. The molecule has 7 heteroatoms. The van der Waals surface area contributed by atoms with Crippen LogP contribution in [0.15, 0.2) is 30.3 Å². The molecule has 0 saturated heterocycles. The van der Waals surface area contributed by atoms with E-state index in [-0.39, 0.29) is 11.8 Å². The fourth-order valence-corrected chi connectivity index (χ4v) is 2.19. The number of carboxylic acid groups (broad SMARTS) is 1. The molecule has 1 aromatic carbocycles. The molecular weight excluding hydrogens is 314 g/mol. The first-order valence-electron chi connectivity index (χ1n) is 7.45. The lowest BCUT2D eigenvalue weighted by Gasteiger charge is -2.23. The van der Waals surface area contributed by atoms with E-state index in [2.05, 4.69) is 16.0 Å². The number of carboxylic acids is 1. The molecule has 1 rings (SSSR count). The maximum atomic E-state index is 12.3. The van der Waals surface area contributed by atoms with Gasteiger partial charge in [0.25, 0.3) is 0 Å². The summed E-state index contributed by atoms with van der Waals surface area (Å²) in [4.78, 5) is 23.1. The van der Waals surface area contributed by atoms with Crippen molar-refractivity contribution >= 4 is 34.9 Å². The normalized spacial score (nSPS) is 13.0. The van der Waals surface area contributed by atoms with Crippen LogP contribution in [0.4, 0.5) is 5.69 Å². The van der Waals surface area contributed by atoms with Crippen molar-refractivity contribution in [2.45, 2.75) is 39.3 Å². The minimum Gasteiger partial charge on any atom is -0.480 e. The maximum Gasteiger partial charge on any atom is 0.325 e. The van der Waals surface area contributed by atoms with Gasteiger partial charge in [0.15, 0.2) is 5.11 Å². The molecule has 0 bridgehead atoms. The zero-order valence-corrected chi connectivity index (χ0v) is 14.3. The molecule has 1 amide bonds. The highest BCUT2D eigenvalue weighted by molar-refractivity contribution is 7.80. The first kappa shape index (κ1) is 18.9. The lowest BCUT2D eigenvalue weighted by atomic mass is 10.0. The number of aliphatic carboxylic acids is 1. The Balaban J connectivity index is 2.68. The summed E-state index contributed by atoms with van der Waals surface area (Å²) in [6, 6.07) is 7.81. The second kappa shape index (κ2) is 9.09. The largest absolute Gasteiger partial charge is 0.480 e. The third-order valence-electron chi connectivity index (χ3n) is 3.09. The third-order valence-corrected chi connectivity index (χ3v) is 3.31. The van der Waals surface area contributed by atoms with E-state index >= 15 is 0 Å². The van der Waals surface area contributed by atoms with E-state index in [0.717, 1.165) is 5.69 Å². The van der Waals surface area contributed by atoms with Gasteiger partial charge in [-0.3, -0.25) is 9.59 Å². The molecule has 0 heterocycles. The zero-order valence-electron chi connectivity index (χ0n) is 13.5. The molecule has 126 valence electrons. The van der Waals surface area contributed by atoms with Crippen LogP contribution in [0.5, 0.6) is 0 Å². The van der Waals surface area contributed by atoms with Crippen molar-refractivity contribution in [2.24, 2.45) is 5.92 Å². The molecule has 1 aromatic rings. The zero-order chi connectivity index (χ0) is 17.4. The minimum atomic E-state index is -1.08. The van der Waals surface area contributed by atoms with Crippen LogP contribution in [0, 0.1) is 5.92 Å². The predicted octanol–water partition coefficient (Wildman–Crippen LogP) is 1.98. The molecular formula is C16H23N3O3S. The Kier molecular flexibility index (Phi) is 7.47. The van der Waals surface area contributed by atoms with Crippen molar-refractivity contribution in [1.29, 1.82) is 0 Å². The van der Waals surface area contributed by atoms with Gasteiger partial charge in [-0.05, 0) is 43.6 Å². The van der Waals surface area contributed by atoms with E-state index < -0.39 is 18.1 Å². The quantitative estimate of drug-likeness (QED) is 0.569. The van der Waals surface area contributed by atoms with E-state index in [1.54, 1.807) is 0 Å². The minimum absolute atomic E-state index is 0.248. The number of carbonyl (C=O) groups is 2. The highest BCUT2D eigenvalue weighted by atomic mass is 32.1. The number of carbonyl (C=O) groups excluding carboxylic acids is 1. The number of para-hydroxylation sites is 1. The number of hydrogen-bond donors (Lipinski definition) is 4. The summed E-state index contributed by atoms with van der Waals surface area (Å²) in [7, 11) is 0. The molecule has 0 radical (unpaired) electrons. The Labute approximate surface area is 141 Å². The van der Waals surface area contributed by atoms with Crippen LogP contribution < -0.4 is 16.0 Å². The Morgan fingerprint density at radius 3 is 2.26 bits per heavy atom. The molecule has 0 aliphatic carbocycles. The van der Waals surface area contributed by atoms with Crippen LogP contribution >= 0.6 is 12.2 Å². The lowest BCUT2D eigenvalue weighted by molar-refractivity contribution is -0.141. The molecule has 0 saturated carbocycles. The van der Waals surface area contributed by atoms with Gasteiger partial charge in [0, 0.05) is 5.69 Å². The van der Waals surface area contributed by atoms with E-state index in [4.69, 9.17) is 17.3 Å². The molecule has 6 nitrogen and oxygen atoms in total. The standard InChI is InChI=1S/C16H23N3O3S/c1-10(2)9-13(14(20)17-11(3)15(21)22)19-16(23)18-12-7-5-4-6-8-12/h4-8,10-11,13H,9H2,1-3H3,(H,17,20)(H,21,22)(H2,18,19,23). The monoisotopic (exact) mass is 337 g/mol. The second-order valence-corrected chi connectivity index (χ2v) is 6.12. The van der Waals surface area contributed by atoms with Crippen LogP contribution in [-0.2, 0) is 9.59 Å². The van der Waals surface area contributed by atoms with Crippen molar-refractivity contribution in [3.63, 3.8) is 0 Å². The van der Waals surface area contributed by atoms with Gasteiger partial charge in [-0.1, -0.05) is 32.0 Å². The Morgan fingerprint density at radius 1 is 1.13 bits per heavy atom. The Bertz CT molecular complexity index is 549. The van der Waals surface area contributed by atoms with Gasteiger partial charge in [-0.15, -0.1) is 0 Å². The van der Waals surface area contributed by atoms with Crippen LogP contribution in [0.25, 0.3) is 0 Å². The van der Waals surface area contributed by atoms with Crippen LogP contribution in [0.3, 0.4) is 0 Å². The lowest BCUT2D eigenvalue weighted by Crippen LogP contribution is -2.52. The molecule has 0 aromatic heterocycles. The topological polar surface area (TPSA) is 90.5 Å². The van der Waals surface area contributed by atoms with Crippen molar-refractivity contribution in [3.8, 4) is 0 Å². The fraction of sp³-hybridized carbons (Fsp3) is 0.438. The molecule has 4 N–H and O–H groups in total. The summed E-state index contributed by atoms with van der Waals surface area (Å²) >= 11 is 5.23. The molecule has 2 atom stereocenters. The molecule has 0 aliphatic rings. The summed E-state index contributed by atoms with van der Waals surface area (Å²) in [5.41, 5.74) is 0.813. The van der Waals surface area contributed by atoms with Crippen LogP contribution in [0.2, 0.25) is 0 Å². The number of amides is 1. The molecule has 0 fully saturated rings. The summed E-state index contributed by atoms with van der Waals surface area (Å²) in [5, 5.41) is 17.6. The fourth-order valence-electron chi connectivity index (χ4n) is 1.93. The third kappa shape index (κ3) is 7.10. The smallest absolute Gasteiger partial charge is 0.325 e. The molecule has 23 heavy (non-hydrogen) atoms. The van der Waals surface area contributed by atoms with Crippen LogP contribution in [0.1, 0.15) is 27.2 Å². The molecule has 0 spiro atoms. The summed E-state index contributed by atoms with van der Waals surface area (Å²) in [6.07, 6.45) is 0.536.